The molecule has 0 saturated heterocycles. The van der Waals surface area contributed by atoms with E-state index in [2.05, 4.69) is 4.72 Å². The Labute approximate surface area is 144 Å². The van der Waals surface area contributed by atoms with Crippen molar-refractivity contribution in [3.63, 3.8) is 0 Å². The third kappa shape index (κ3) is 3.90. The number of aryl methyl sites for hydroxylation is 1. The highest BCUT2D eigenvalue weighted by atomic mass is 32.2. The van der Waals surface area contributed by atoms with E-state index in [-0.39, 0.29) is 28.2 Å². The molecule has 5 heteroatoms. The summed E-state index contributed by atoms with van der Waals surface area (Å²) in [7, 11) is -3.75. The Balaban J connectivity index is 2.50. The maximum atomic E-state index is 12.6. The molecule has 24 heavy (non-hydrogen) atoms. The number of phenolic OH excluding ortho intramolecular Hbond substituents is 1. The van der Waals surface area contributed by atoms with Crippen molar-refractivity contribution < 1.29 is 13.5 Å². The standard InChI is InChI=1S/C19H25NO3S/c1-12(2)15-10-17(13(3)4)19(21)18(11-15)20-24(22,23)16-8-6-14(5)7-9-16/h6-13,20-21H,1-5H3. The number of anilines is 1. The zero-order chi connectivity index (χ0) is 18.1. The van der Waals surface area contributed by atoms with Crippen LogP contribution in [0.3, 0.4) is 0 Å². The van der Waals surface area contributed by atoms with Gasteiger partial charge in [0, 0.05) is 0 Å². The summed E-state index contributed by atoms with van der Waals surface area (Å²) in [5.41, 5.74) is 2.94. The number of hydrogen-bond donors (Lipinski definition) is 2. The monoisotopic (exact) mass is 347 g/mol. The molecule has 0 aliphatic heterocycles. The van der Waals surface area contributed by atoms with Gasteiger partial charge in [-0.05, 0) is 48.1 Å². The average molecular weight is 347 g/mol. The second-order valence-electron chi connectivity index (χ2n) is 6.73. The second kappa shape index (κ2) is 6.85. The molecule has 0 unspecified atom stereocenters. The van der Waals surface area contributed by atoms with Gasteiger partial charge in [-0.3, -0.25) is 4.72 Å². The van der Waals surface area contributed by atoms with E-state index in [1.54, 1.807) is 30.3 Å². The first-order chi connectivity index (χ1) is 11.1. The summed E-state index contributed by atoms with van der Waals surface area (Å²) in [4.78, 5) is 0.175. The predicted molar refractivity (Wildman–Crippen MR) is 98.3 cm³/mol. The van der Waals surface area contributed by atoms with Crippen LogP contribution in [-0.2, 0) is 10.0 Å². The van der Waals surface area contributed by atoms with E-state index in [0.29, 0.717) is 0 Å². The van der Waals surface area contributed by atoms with Gasteiger partial charge in [0.05, 0.1) is 10.6 Å². The van der Waals surface area contributed by atoms with Crippen molar-refractivity contribution in [2.24, 2.45) is 0 Å². The molecule has 2 rings (SSSR count). The molecule has 130 valence electrons. The van der Waals surface area contributed by atoms with E-state index in [0.717, 1.165) is 16.7 Å². The molecule has 0 heterocycles. The van der Waals surface area contributed by atoms with Crippen LogP contribution >= 0.6 is 0 Å². The Hall–Kier alpha value is -2.01. The summed E-state index contributed by atoms with van der Waals surface area (Å²) in [5.74, 6) is 0.308. The molecule has 0 spiro atoms. The SMILES string of the molecule is Cc1ccc(S(=O)(=O)Nc2cc(C(C)C)cc(C(C)C)c2O)cc1. The third-order valence-corrected chi connectivity index (χ3v) is 5.41. The van der Waals surface area contributed by atoms with Crippen LogP contribution in [0.1, 0.15) is 56.2 Å². The number of sulfonamides is 1. The van der Waals surface area contributed by atoms with Gasteiger partial charge in [-0.25, -0.2) is 8.42 Å². The molecule has 0 saturated carbocycles. The van der Waals surface area contributed by atoms with Crippen LogP contribution in [-0.4, -0.2) is 13.5 Å². The molecule has 4 nitrogen and oxygen atoms in total. The van der Waals surface area contributed by atoms with E-state index in [9.17, 15) is 13.5 Å². The third-order valence-electron chi connectivity index (χ3n) is 4.03. The fourth-order valence-corrected chi connectivity index (χ4v) is 3.51. The van der Waals surface area contributed by atoms with Gasteiger partial charge in [0.25, 0.3) is 10.0 Å². The van der Waals surface area contributed by atoms with Gasteiger partial charge in [0.15, 0.2) is 0 Å². The minimum Gasteiger partial charge on any atom is -0.505 e. The van der Waals surface area contributed by atoms with Crippen LogP contribution in [0.15, 0.2) is 41.3 Å². The van der Waals surface area contributed by atoms with Crippen LogP contribution in [0.2, 0.25) is 0 Å². The normalized spacial score (nSPS) is 12.0. The second-order valence-corrected chi connectivity index (χ2v) is 8.42. The van der Waals surface area contributed by atoms with Gasteiger partial charge in [-0.1, -0.05) is 51.5 Å². The lowest BCUT2D eigenvalue weighted by molar-refractivity contribution is 0.467. The molecule has 0 amide bonds. The number of phenols is 1. The Morgan fingerprint density at radius 3 is 2.04 bits per heavy atom. The molecule has 2 aromatic carbocycles. The van der Waals surface area contributed by atoms with Gasteiger partial charge in [-0.15, -0.1) is 0 Å². The van der Waals surface area contributed by atoms with Gasteiger partial charge < -0.3 is 5.11 Å². The van der Waals surface area contributed by atoms with E-state index >= 15 is 0 Å². The highest BCUT2D eigenvalue weighted by Crippen LogP contribution is 2.37. The van der Waals surface area contributed by atoms with Gasteiger partial charge in [-0.2, -0.15) is 0 Å². The molecule has 0 aliphatic rings. The zero-order valence-electron chi connectivity index (χ0n) is 14.8. The van der Waals surface area contributed by atoms with E-state index in [4.69, 9.17) is 0 Å². The topological polar surface area (TPSA) is 66.4 Å². The number of benzene rings is 2. The Bertz CT molecular complexity index is 822. The average Bonchev–Trinajstić information content (AvgIpc) is 2.49. The highest BCUT2D eigenvalue weighted by Gasteiger charge is 2.20. The van der Waals surface area contributed by atoms with Crippen LogP contribution in [0.25, 0.3) is 0 Å². The van der Waals surface area contributed by atoms with Gasteiger partial charge in [0.1, 0.15) is 5.75 Å². The van der Waals surface area contributed by atoms with Crippen LogP contribution in [0.5, 0.6) is 5.75 Å². The summed E-state index contributed by atoms with van der Waals surface area (Å²) < 4.78 is 27.7. The number of hydrogen-bond acceptors (Lipinski definition) is 3. The molecular formula is C19H25NO3S. The first kappa shape index (κ1) is 18.3. The Kier molecular flexibility index (Phi) is 5.23. The summed E-state index contributed by atoms with van der Waals surface area (Å²) >= 11 is 0. The number of aromatic hydroxyl groups is 1. The van der Waals surface area contributed by atoms with E-state index in [1.165, 1.54) is 0 Å². The number of rotatable bonds is 5. The fourth-order valence-electron chi connectivity index (χ4n) is 2.45. The molecule has 0 aliphatic carbocycles. The summed E-state index contributed by atoms with van der Waals surface area (Å²) in [6.07, 6.45) is 0. The maximum absolute atomic E-state index is 12.6. The lowest BCUT2D eigenvalue weighted by Gasteiger charge is -2.18. The van der Waals surface area contributed by atoms with E-state index in [1.807, 2.05) is 40.7 Å². The molecule has 0 aromatic heterocycles. The van der Waals surface area contributed by atoms with Gasteiger partial charge in [0.2, 0.25) is 0 Å². The highest BCUT2D eigenvalue weighted by molar-refractivity contribution is 7.92. The first-order valence-corrected chi connectivity index (χ1v) is 9.56. The first-order valence-electron chi connectivity index (χ1n) is 8.08. The molecule has 0 fully saturated rings. The maximum Gasteiger partial charge on any atom is 0.262 e. The Morgan fingerprint density at radius 2 is 1.54 bits per heavy atom. The quantitative estimate of drug-likeness (QED) is 0.767. The summed E-state index contributed by atoms with van der Waals surface area (Å²) in [6, 6.07) is 10.3. The van der Waals surface area contributed by atoms with E-state index < -0.39 is 10.0 Å². The van der Waals surface area contributed by atoms with Crippen molar-refractivity contribution in [1.29, 1.82) is 0 Å². The Morgan fingerprint density at radius 1 is 0.958 bits per heavy atom. The predicted octanol–water partition coefficient (Wildman–Crippen LogP) is 4.75. The van der Waals surface area contributed by atoms with Crippen molar-refractivity contribution in [3.8, 4) is 5.75 Å². The van der Waals surface area contributed by atoms with Crippen LogP contribution in [0, 0.1) is 6.92 Å². The van der Waals surface area contributed by atoms with Crippen LogP contribution in [0.4, 0.5) is 5.69 Å². The largest absolute Gasteiger partial charge is 0.505 e. The van der Waals surface area contributed by atoms with Gasteiger partial charge >= 0.3 is 0 Å². The van der Waals surface area contributed by atoms with Crippen molar-refractivity contribution in [2.45, 2.75) is 51.3 Å². The fraction of sp³-hybridized carbons (Fsp3) is 0.368. The van der Waals surface area contributed by atoms with Crippen molar-refractivity contribution in [1.82, 2.24) is 0 Å². The number of nitrogens with one attached hydrogen (secondary N) is 1. The molecular weight excluding hydrogens is 322 g/mol. The summed E-state index contributed by atoms with van der Waals surface area (Å²) in [6.45, 7) is 9.91. The van der Waals surface area contributed by atoms with Crippen LogP contribution < -0.4 is 4.72 Å². The van der Waals surface area contributed by atoms with Crippen molar-refractivity contribution in [2.75, 3.05) is 4.72 Å². The molecule has 2 aromatic rings. The minimum atomic E-state index is -3.75. The molecule has 0 bridgehead atoms. The lowest BCUT2D eigenvalue weighted by atomic mass is 9.94. The smallest absolute Gasteiger partial charge is 0.262 e. The zero-order valence-corrected chi connectivity index (χ0v) is 15.6. The lowest BCUT2D eigenvalue weighted by Crippen LogP contribution is -2.14. The van der Waals surface area contributed by atoms with Crippen molar-refractivity contribution >= 4 is 15.7 Å². The molecule has 2 N–H and O–H groups in total. The minimum absolute atomic E-state index is 0.00918. The van der Waals surface area contributed by atoms with Crippen molar-refractivity contribution in [3.05, 3.63) is 53.1 Å². The molecule has 0 radical (unpaired) electrons. The summed E-state index contributed by atoms with van der Waals surface area (Å²) in [5, 5.41) is 10.5. The molecule has 0 atom stereocenters.